The van der Waals surface area contributed by atoms with Gasteiger partial charge in [-0.25, -0.2) is 0 Å². The highest BCUT2D eigenvalue weighted by atomic mass is 35.5. The number of carbonyl (C=O) groups is 2. The van der Waals surface area contributed by atoms with Gasteiger partial charge in [-0.3, -0.25) is 9.59 Å². The number of benzene rings is 2. The van der Waals surface area contributed by atoms with Gasteiger partial charge in [-0.15, -0.1) is 11.8 Å². The minimum atomic E-state index is -1.24. The number of halogens is 3. The predicted molar refractivity (Wildman–Crippen MR) is 129 cm³/mol. The number of rotatable bonds is 7. The van der Waals surface area contributed by atoms with Crippen LogP contribution in [-0.2, 0) is 20.1 Å². The molecule has 1 amide bonds. The van der Waals surface area contributed by atoms with Crippen LogP contribution >= 0.6 is 46.6 Å². The van der Waals surface area contributed by atoms with Gasteiger partial charge < -0.3 is 14.8 Å². The van der Waals surface area contributed by atoms with Crippen molar-refractivity contribution >= 4 is 58.4 Å². The van der Waals surface area contributed by atoms with Gasteiger partial charge in [0, 0.05) is 11.7 Å². The molecule has 0 aromatic heterocycles. The van der Waals surface area contributed by atoms with Crippen LogP contribution in [0, 0.1) is 17.2 Å². The molecule has 172 valence electrons. The van der Waals surface area contributed by atoms with Gasteiger partial charge in [0.2, 0.25) is 5.91 Å². The second-order valence-corrected chi connectivity index (χ2v) is 9.19. The molecule has 6 nitrogen and oxygen atoms in total. The minimum Gasteiger partial charge on any atom is -0.492 e. The van der Waals surface area contributed by atoms with Gasteiger partial charge in [-0.1, -0.05) is 46.9 Å². The molecule has 0 radical (unpaired) electrons. The molecular formula is C23H19Cl3N2O4S. The largest absolute Gasteiger partial charge is 0.492 e. The highest BCUT2D eigenvalue weighted by Gasteiger charge is 2.44. The molecule has 2 aromatic rings. The molecule has 1 aliphatic rings. The molecule has 0 bridgehead atoms. The molecule has 1 aliphatic heterocycles. The van der Waals surface area contributed by atoms with Gasteiger partial charge in [-0.2, -0.15) is 5.26 Å². The van der Waals surface area contributed by atoms with Crippen molar-refractivity contribution in [3.05, 3.63) is 73.2 Å². The smallest absolute Gasteiger partial charge is 0.319 e. The van der Waals surface area contributed by atoms with Crippen LogP contribution in [0.5, 0.6) is 5.75 Å². The Morgan fingerprint density at radius 2 is 1.91 bits per heavy atom. The van der Waals surface area contributed by atoms with E-state index < -0.39 is 23.7 Å². The third-order valence-electron chi connectivity index (χ3n) is 4.97. The molecule has 33 heavy (non-hydrogen) atoms. The van der Waals surface area contributed by atoms with Crippen LogP contribution in [0.15, 0.2) is 47.0 Å². The van der Waals surface area contributed by atoms with Crippen molar-refractivity contribution in [2.24, 2.45) is 5.92 Å². The summed E-state index contributed by atoms with van der Waals surface area (Å²) in [5.41, 5.74) is 1.61. The van der Waals surface area contributed by atoms with Crippen LogP contribution in [-0.4, -0.2) is 25.6 Å². The van der Waals surface area contributed by atoms with E-state index in [1.807, 2.05) is 6.92 Å². The van der Waals surface area contributed by atoms with Crippen LogP contribution in [0.1, 0.15) is 24.0 Å². The molecule has 1 heterocycles. The molecule has 3 rings (SSSR count). The van der Waals surface area contributed by atoms with E-state index in [0.29, 0.717) is 43.8 Å². The van der Waals surface area contributed by atoms with Crippen LogP contribution in [0.3, 0.4) is 0 Å². The van der Waals surface area contributed by atoms with Crippen molar-refractivity contribution in [1.29, 1.82) is 5.26 Å². The monoisotopic (exact) mass is 524 g/mol. The number of ether oxygens (including phenoxy) is 2. The lowest BCUT2D eigenvalue weighted by atomic mass is 9.78. The van der Waals surface area contributed by atoms with E-state index in [0.717, 1.165) is 5.56 Å². The molecule has 0 unspecified atom stereocenters. The topological polar surface area (TPSA) is 88.4 Å². The Hall–Kier alpha value is -2.37. The fourth-order valence-electron chi connectivity index (χ4n) is 3.45. The first-order valence-corrected chi connectivity index (χ1v) is 11.9. The first kappa shape index (κ1) is 25.3. The van der Waals surface area contributed by atoms with Crippen molar-refractivity contribution in [3.63, 3.8) is 0 Å². The van der Waals surface area contributed by atoms with E-state index in [-0.39, 0.29) is 5.57 Å². The maximum atomic E-state index is 12.9. The fraction of sp³-hybridized carbons (Fsp3) is 0.261. The highest BCUT2D eigenvalue weighted by molar-refractivity contribution is 8.02. The lowest BCUT2D eigenvalue weighted by Gasteiger charge is -2.31. The Morgan fingerprint density at radius 3 is 2.52 bits per heavy atom. The number of hydrogen-bond acceptors (Lipinski definition) is 6. The summed E-state index contributed by atoms with van der Waals surface area (Å²) < 4.78 is 10.3. The fourth-order valence-corrected chi connectivity index (χ4v) is 5.00. The van der Waals surface area contributed by atoms with E-state index in [1.165, 1.54) is 18.9 Å². The molecule has 1 N–H and O–H groups in total. The zero-order valence-corrected chi connectivity index (χ0v) is 20.7. The molecule has 0 saturated carbocycles. The Morgan fingerprint density at radius 1 is 1.15 bits per heavy atom. The summed E-state index contributed by atoms with van der Waals surface area (Å²) in [6.07, 6.45) is 0. The molecular weight excluding hydrogens is 507 g/mol. The van der Waals surface area contributed by atoms with Gasteiger partial charge in [-0.05, 0) is 42.3 Å². The number of allylic oxidation sites excluding steroid dienone is 1. The Labute approximate surface area is 210 Å². The third kappa shape index (κ3) is 5.59. The first-order valence-electron chi connectivity index (χ1n) is 9.82. The third-order valence-corrected chi connectivity index (χ3v) is 7.09. The number of esters is 1. The van der Waals surface area contributed by atoms with Crippen LogP contribution in [0.25, 0.3) is 0 Å². The van der Waals surface area contributed by atoms with Gasteiger partial charge >= 0.3 is 5.97 Å². The van der Waals surface area contributed by atoms with Crippen LogP contribution in [0.2, 0.25) is 15.1 Å². The van der Waals surface area contributed by atoms with Gasteiger partial charge in [0.25, 0.3) is 0 Å². The van der Waals surface area contributed by atoms with Crippen molar-refractivity contribution in [2.45, 2.75) is 18.6 Å². The van der Waals surface area contributed by atoms with E-state index in [2.05, 4.69) is 11.4 Å². The van der Waals surface area contributed by atoms with Crippen molar-refractivity contribution < 1.29 is 19.1 Å². The molecule has 2 aromatic carbocycles. The Balaban J connectivity index is 2.03. The zero-order valence-electron chi connectivity index (χ0n) is 17.7. The van der Waals surface area contributed by atoms with Gasteiger partial charge in [0.1, 0.15) is 11.7 Å². The lowest BCUT2D eigenvalue weighted by molar-refractivity contribution is -0.150. The molecule has 0 aliphatic carbocycles. The number of hydrogen-bond donors (Lipinski definition) is 1. The summed E-state index contributed by atoms with van der Waals surface area (Å²) >= 11 is 19.7. The number of carbonyl (C=O) groups excluding carboxylic acids is 2. The standard InChI is InChI=1S/C23H19Cl3N2O4S/c1-3-32-18-7-5-13(9-17(18)26)19-14(10-27)22(28-21(29)20(19)23(30)31-2)33-11-12-4-6-15(24)16(25)8-12/h4-9,19-20H,3,11H2,1-2H3,(H,28,29)/t19-,20-/m1/s1. The summed E-state index contributed by atoms with van der Waals surface area (Å²) in [6.45, 7) is 2.26. The summed E-state index contributed by atoms with van der Waals surface area (Å²) in [6, 6.07) is 12.3. The average Bonchev–Trinajstić information content (AvgIpc) is 2.80. The maximum absolute atomic E-state index is 12.9. The van der Waals surface area contributed by atoms with Crippen LogP contribution in [0.4, 0.5) is 0 Å². The van der Waals surface area contributed by atoms with Gasteiger partial charge in [0.15, 0.2) is 0 Å². The van der Waals surface area contributed by atoms with E-state index in [1.54, 1.807) is 36.4 Å². The van der Waals surface area contributed by atoms with E-state index in [9.17, 15) is 14.9 Å². The summed E-state index contributed by atoms with van der Waals surface area (Å²) in [7, 11) is 1.20. The second-order valence-electron chi connectivity index (χ2n) is 6.98. The number of amides is 1. The second kappa shape index (κ2) is 11.2. The normalized spacial score (nSPS) is 17.9. The van der Waals surface area contributed by atoms with Crippen molar-refractivity contribution in [3.8, 4) is 11.8 Å². The maximum Gasteiger partial charge on any atom is 0.319 e. The molecule has 2 atom stereocenters. The highest BCUT2D eigenvalue weighted by Crippen LogP contribution is 2.42. The van der Waals surface area contributed by atoms with E-state index in [4.69, 9.17) is 44.3 Å². The molecule has 0 saturated heterocycles. The average molecular weight is 526 g/mol. The quantitative estimate of drug-likeness (QED) is 0.368. The molecule has 0 spiro atoms. The number of methoxy groups -OCH3 is 1. The SMILES string of the molecule is CCOc1ccc([C@@H]2C(C#N)=C(SCc3ccc(Cl)c(Cl)c3)NC(=O)[C@@H]2C(=O)OC)cc1Cl. The first-order chi connectivity index (χ1) is 15.8. The van der Waals surface area contributed by atoms with Crippen molar-refractivity contribution in [2.75, 3.05) is 13.7 Å². The zero-order chi connectivity index (χ0) is 24.1. The number of nitriles is 1. The van der Waals surface area contributed by atoms with Crippen molar-refractivity contribution in [1.82, 2.24) is 5.32 Å². The lowest BCUT2D eigenvalue weighted by Crippen LogP contribution is -2.44. The number of thioether (sulfide) groups is 1. The summed E-state index contributed by atoms with van der Waals surface area (Å²) in [4.78, 5) is 25.5. The summed E-state index contributed by atoms with van der Waals surface area (Å²) in [5, 5.41) is 14.2. The summed E-state index contributed by atoms with van der Waals surface area (Å²) in [5.74, 6) is -2.54. The Bertz CT molecular complexity index is 1160. The predicted octanol–water partition coefficient (Wildman–Crippen LogP) is 5.72. The van der Waals surface area contributed by atoms with Gasteiger partial charge in [0.05, 0.1) is 45.5 Å². The van der Waals surface area contributed by atoms with Crippen LogP contribution < -0.4 is 10.1 Å². The molecule has 0 fully saturated rings. The number of nitrogens with one attached hydrogen (secondary N) is 1. The number of nitrogens with zero attached hydrogens (tertiary/aromatic N) is 1. The van der Waals surface area contributed by atoms with E-state index >= 15 is 0 Å². The molecule has 10 heteroatoms. The Kier molecular flexibility index (Phi) is 8.55. The minimum absolute atomic E-state index is 0.232.